The first-order valence-corrected chi connectivity index (χ1v) is 8.67. The van der Waals surface area contributed by atoms with Crippen molar-refractivity contribution in [2.24, 2.45) is 11.3 Å². The molecule has 0 radical (unpaired) electrons. The number of amides is 1. The van der Waals surface area contributed by atoms with Crippen LogP contribution in [0.3, 0.4) is 0 Å². The Bertz CT molecular complexity index is 570. The van der Waals surface area contributed by atoms with Crippen LogP contribution in [-0.4, -0.2) is 25.5 Å². The highest BCUT2D eigenvalue weighted by Gasteiger charge is 2.45. The zero-order valence-electron chi connectivity index (χ0n) is 12.8. The molecule has 0 spiro atoms. The molecule has 1 aromatic carbocycles. The van der Waals surface area contributed by atoms with Gasteiger partial charge in [-0.3, -0.25) is 4.79 Å². The second-order valence-electron chi connectivity index (χ2n) is 6.89. The molecular formula is C17H22Cl2N2O. The normalized spacial score (nSPS) is 26.5. The molecule has 1 saturated carbocycles. The molecule has 2 N–H and O–H groups in total. The molecule has 2 fully saturated rings. The van der Waals surface area contributed by atoms with Gasteiger partial charge in [0.1, 0.15) is 0 Å². The topological polar surface area (TPSA) is 41.1 Å². The van der Waals surface area contributed by atoms with Crippen LogP contribution in [0.15, 0.2) is 18.2 Å². The van der Waals surface area contributed by atoms with Crippen LogP contribution in [0.5, 0.6) is 0 Å². The van der Waals surface area contributed by atoms with E-state index in [2.05, 4.69) is 17.6 Å². The lowest BCUT2D eigenvalue weighted by Crippen LogP contribution is -2.43. The second kappa shape index (κ2) is 6.38. The number of hydrogen-bond acceptors (Lipinski definition) is 2. The molecule has 3 nitrogen and oxygen atoms in total. The average molecular weight is 341 g/mol. The lowest BCUT2D eigenvalue weighted by Gasteiger charge is -2.34. The summed E-state index contributed by atoms with van der Waals surface area (Å²) in [4.78, 5) is 12.4. The van der Waals surface area contributed by atoms with Gasteiger partial charge in [-0.15, -0.1) is 0 Å². The molecule has 22 heavy (non-hydrogen) atoms. The fraction of sp³-hybridized carbons (Fsp3) is 0.588. The number of carbonyl (C=O) groups excluding carboxylic acids is 1. The number of benzene rings is 1. The molecule has 1 saturated heterocycles. The van der Waals surface area contributed by atoms with E-state index in [0.29, 0.717) is 10.0 Å². The van der Waals surface area contributed by atoms with Crippen molar-refractivity contribution >= 4 is 29.1 Å². The van der Waals surface area contributed by atoms with Gasteiger partial charge in [0.15, 0.2) is 0 Å². The van der Waals surface area contributed by atoms with E-state index in [0.717, 1.165) is 44.5 Å². The fourth-order valence-electron chi connectivity index (χ4n) is 3.27. The third-order valence-corrected chi connectivity index (χ3v) is 5.55. The summed E-state index contributed by atoms with van der Waals surface area (Å²) >= 11 is 12.2. The number of carbonyl (C=O) groups is 1. The third-order valence-electron chi connectivity index (χ3n) is 4.99. The summed E-state index contributed by atoms with van der Waals surface area (Å²) in [5, 5.41) is 7.81. The van der Waals surface area contributed by atoms with Gasteiger partial charge in [0.25, 0.3) is 0 Å². The predicted octanol–water partition coefficient (Wildman–Crippen LogP) is 3.60. The summed E-state index contributed by atoms with van der Waals surface area (Å²) in [5.41, 5.74) is 1.27. The number of hydrogen-bond donors (Lipinski definition) is 2. The number of halogens is 2. The van der Waals surface area contributed by atoms with E-state index >= 15 is 0 Å². The highest BCUT2D eigenvalue weighted by molar-refractivity contribution is 6.35. The Balaban J connectivity index is 1.54. The highest BCUT2D eigenvalue weighted by atomic mass is 35.5. The molecule has 120 valence electrons. The minimum Gasteiger partial charge on any atom is -0.355 e. The molecule has 3 rings (SSSR count). The van der Waals surface area contributed by atoms with E-state index < -0.39 is 0 Å². The van der Waals surface area contributed by atoms with Gasteiger partial charge in [-0.05, 0) is 61.4 Å². The van der Waals surface area contributed by atoms with Crippen molar-refractivity contribution in [3.8, 4) is 0 Å². The standard InChI is InChI=1S/C17H22Cl2N2O/c1-17(4-6-20-7-5-17)10-21-16(22)14-9-13(14)12-3-2-11(18)8-15(12)19/h2-3,8,13-14,20H,4-7,9-10H2,1H3,(H,21,22). The summed E-state index contributed by atoms with van der Waals surface area (Å²) < 4.78 is 0. The quantitative estimate of drug-likeness (QED) is 0.879. The third kappa shape index (κ3) is 3.58. The summed E-state index contributed by atoms with van der Waals surface area (Å²) in [6, 6.07) is 5.53. The van der Waals surface area contributed by atoms with E-state index in [1.165, 1.54) is 0 Å². The van der Waals surface area contributed by atoms with Crippen molar-refractivity contribution in [2.75, 3.05) is 19.6 Å². The van der Waals surface area contributed by atoms with Crippen LogP contribution in [0.2, 0.25) is 10.0 Å². The maximum absolute atomic E-state index is 12.4. The first-order chi connectivity index (χ1) is 10.5. The van der Waals surface area contributed by atoms with Gasteiger partial charge in [0.2, 0.25) is 5.91 Å². The fourth-order valence-corrected chi connectivity index (χ4v) is 3.82. The van der Waals surface area contributed by atoms with Gasteiger partial charge >= 0.3 is 0 Å². The molecular weight excluding hydrogens is 319 g/mol. The molecule has 1 amide bonds. The zero-order chi connectivity index (χ0) is 15.7. The van der Waals surface area contributed by atoms with E-state index in [1.807, 2.05) is 12.1 Å². The molecule has 1 aliphatic carbocycles. The van der Waals surface area contributed by atoms with Crippen molar-refractivity contribution in [1.82, 2.24) is 10.6 Å². The van der Waals surface area contributed by atoms with Crippen LogP contribution in [-0.2, 0) is 4.79 Å². The maximum Gasteiger partial charge on any atom is 0.223 e. The van der Waals surface area contributed by atoms with Crippen LogP contribution in [0.1, 0.15) is 37.7 Å². The Morgan fingerprint density at radius 3 is 2.77 bits per heavy atom. The Hall–Kier alpha value is -0.770. The average Bonchev–Trinajstić information content (AvgIpc) is 3.26. The van der Waals surface area contributed by atoms with Crippen molar-refractivity contribution in [3.63, 3.8) is 0 Å². The molecule has 5 heteroatoms. The summed E-state index contributed by atoms with van der Waals surface area (Å²) in [7, 11) is 0. The number of piperidine rings is 1. The monoisotopic (exact) mass is 340 g/mol. The summed E-state index contributed by atoms with van der Waals surface area (Å²) in [6.07, 6.45) is 3.11. The van der Waals surface area contributed by atoms with Gasteiger partial charge < -0.3 is 10.6 Å². The van der Waals surface area contributed by atoms with Gasteiger partial charge in [0.05, 0.1) is 0 Å². The molecule has 0 bridgehead atoms. The molecule has 0 aromatic heterocycles. The second-order valence-corrected chi connectivity index (χ2v) is 7.74. The largest absolute Gasteiger partial charge is 0.355 e. The number of nitrogens with one attached hydrogen (secondary N) is 2. The number of rotatable bonds is 4. The van der Waals surface area contributed by atoms with Gasteiger partial charge in [-0.1, -0.05) is 36.2 Å². The molecule has 2 unspecified atom stereocenters. The minimum atomic E-state index is 0.0593. The lowest BCUT2D eigenvalue weighted by molar-refractivity contribution is -0.123. The van der Waals surface area contributed by atoms with E-state index in [4.69, 9.17) is 23.2 Å². The van der Waals surface area contributed by atoms with Gasteiger partial charge in [-0.2, -0.15) is 0 Å². The molecule has 2 atom stereocenters. The maximum atomic E-state index is 12.4. The first kappa shape index (κ1) is 16.1. The van der Waals surface area contributed by atoms with Crippen LogP contribution < -0.4 is 10.6 Å². The van der Waals surface area contributed by atoms with Crippen molar-refractivity contribution < 1.29 is 4.79 Å². The molecule has 1 aliphatic heterocycles. The SMILES string of the molecule is CC1(CNC(=O)C2CC2c2ccc(Cl)cc2Cl)CCNCC1. The molecule has 2 aliphatic rings. The Kier molecular flexibility index (Phi) is 4.67. The van der Waals surface area contributed by atoms with E-state index in [-0.39, 0.29) is 23.2 Å². The van der Waals surface area contributed by atoms with Crippen molar-refractivity contribution in [1.29, 1.82) is 0 Å². The molecule has 1 aromatic rings. The van der Waals surface area contributed by atoms with Crippen LogP contribution in [0, 0.1) is 11.3 Å². The summed E-state index contributed by atoms with van der Waals surface area (Å²) in [5.74, 6) is 0.463. The van der Waals surface area contributed by atoms with Crippen molar-refractivity contribution in [3.05, 3.63) is 33.8 Å². The Morgan fingerprint density at radius 2 is 2.09 bits per heavy atom. The zero-order valence-corrected chi connectivity index (χ0v) is 14.3. The minimum absolute atomic E-state index is 0.0593. The van der Waals surface area contributed by atoms with Gasteiger partial charge in [0, 0.05) is 22.5 Å². The predicted molar refractivity (Wildman–Crippen MR) is 90.5 cm³/mol. The first-order valence-electron chi connectivity index (χ1n) is 7.92. The highest BCUT2D eigenvalue weighted by Crippen LogP contribution is 2.50. The molecule has 1 heterocycles. The van der Waals surface area contributed by atoms with E-state index in [9.17, 15) is 4.79 Å². The Labute approximate surface area is 141 Å². The lowest BCUT2D eigenvalue weighted by atomic mass is 9.81. The van der Waals surface area contributed by atoms with E-state index in [1.54, 1.807) is 6.07 Å². The van der Waals surface area contributed by atoms with Gasteiger partial charge in [-0.25, -0.2) is 0 Å². The van der Waals surface area contributed by atoms with Crippen molar-refractivity contribution in [2.45, 2.75) is 32.1 Å². The van der Waals surface area contributed by atoms with Crippen LogP contribution in [0.4, 0.5) is 0 Å². The van der Waals surface area contributed by atoms with Crippen LogP contribution in [0.25, 0.3) is 0 Å². The Morgan fingerprint density at radius 1 is 1.36 bits per heavy atom. The summed E-state index contributed by atoms with van der Waals surface area (Å²) in [6.45, 7) is 5.11. The van der Waals surface area contributed by atoms with Crippen LogP contribution >= 0.6 is 23.2 Å². The smallest absolute Gasteiger partial charge is 0.223 e.